The van der Waals surface area contributed by atoms with Crippen LogP contribution in [0.2, 0.25) is 0 Å². The van der Waals surface area contributed by atoms with Crippen molar-refractivity contribution in [2.75, 3.05) is 7.11 Å². The normalized spacial score (nSPS) is 13.7. The Morgan fingerprint density at radius 1 is 1.33 bits per heavy atom. The predicted octanol–water partition coefficient (Wildman–Crippen LogP) is 1.40. The van der Waals surface area contributed by atoms with Crippen LogP contribution in [0.3, 0.4) is 0 Å². The Balaban J connectivity index is 4.14. The summed E-state index contributed by atoms with van der Waals surface area (Å²) < 4.78 is 4.92. The molecule has 0 rings (SSSR count). The molecule has 0 aliphatic heterocycles. The zero-order valence-corrected chi connectivity index (χ0v) is 6.14. The van der Waals surface area contributed by atoms with Gasteiger partial charge < -0.3 is 10.5 Å². The fraction of sp³-hybridized carbons (Fsp3) is 0.429. The van der Waals surface area contributed by atoms with Gasteiger partial charge in [-0.1, -0.05) is 6.08 Å². The Hall–Kier alpha value is -0.920. The van der Waals surface area contributed by atoms with Gasteiger partial charge in [-0.15, -0.1) is 0 Å². The van der Waals surface area contributed by atoms with Gasteiger partial charge in [0.05, 0.1) is 12.8 Å². The van der Waals surface area contributed by atoms with E-state index in [1.165, 1.54) is 0 Å². The minimum Gasteiger partial charge on any atom is -0.495 e. The quantitative estimate of drug-likeness (QED) is 0.449. The van der Waals surface area contributed by atoms with Gasteiger partial charge in [0.2, 0.25) is 0 Å². The number of nitrogens with two attached hydrogens (primary N) is 1. The summed E-state index contributed by atoms with van der Waals surface area (Å²) in [4.78, 5) is 0. The van der Waals surface area contributed by atoms with Crippen LogP contribution in [0.5, 0.6) is 0 Å². The van der Waals surface area contributed by atoms with Crippen molar-refractivity contribution in [1.82, 2.24) is 0 Å². The van der Waals surface area contributed by atoms with E-state index in [2.05, 4.69) is 0 Å². The SMILES string of the molecule is C/C=C(N)\C(=C/C)OC. The molecule has 2 N–H and O–H groups in total. The summed E-state index contributed by atoms with van der Waals surface area (Å²) in [7, 11) is 1.60. The topological polar surface area (TPSA) is 35.2 Å². The molecule has 0 spiro atoms. The van der Waals surface area contributed by atoms with Crippen LogP contribution in [0.1, 0.15) is 13.8 Å². The highest BCUT2D eigenvalue weighted by molar-refractivity contribution is 5.20. The average molecular weight is 127 g/mol. The van der Waals surface area contributed by atoms with Crippen LogP contribution in [0.15, 0.2) is 23.6 Å². The molecule has 0 aromatic heterocycles. The van der Waals surface area contributed by atoms with E-state index in [1.54, 1.807) is 13.2 Å². The van der Waals surface area contributed by atoms with Crippen LogP contribution in [0.4, 0.5) is 0 Å². The highest BCUT2D eigenvalue weighted by Crippen LogP contribution is 2.02. The Morgan fingerprint density at radius 3 is 2.00 bits per heavy atom. The second-order valence-electron chi connectivity index (χ2n) is 1.60. The fourth-order valence-corrected chi connectivity index (χ4v) is 0.545. The molecule has 0 radical (unpaired) electrons. The zero-order chi connectivity index (χ0) is 7.28. The third-order valence-corrected chi connectivity index (χ3v) is 1.08. The number of hydrogen-bond acceptors (Lipinski definition) is 2. The van der Waals surface area contributed by atoms with Crippen molar-refractivity contribution in [2.45, 2.75) is 13.8 Å². The lowest BCUT2D eigenvalue weighted by molar-refractivity contribution is 0.299. The molecule has 9 heavy (non-hydrogen) atoms. The third kappa shape index (κ3) is 2.22. The smallest absolute Gasteiger partial charge is 0.137 e. The van der Waals surface area contributed by atoms with Crippen LogP contribution in [-0.4, -0.2) is 7.11 Å². The predicted molar refractivity (Wildman–Crippen MR) is 38.7 cm³/mol. The van der Waals surface area contributed by atoms with Crippen molar-refractivity contribution in [3.8, 4) is 0 Å². The molecule has 2 heteroatoms. The summed E-state index contributed by atoms with van der Waals surface area (Å²) in [5, 5.41) is 0. The monoisotopic (exact) mass is 127 g/mol. The fourth-order valence-electron chi connectivity index (χ4n) is 0.545. The lowest BCUT2D eigenvalue weighted by Crippen LogP contribution is -2.01. The molecule has 0 saturated carbocycles. The first-order valence-corrected chi connectivity index (χ1v) is 2.88. The van der Waals surface area contributed by atoms with Gasteiger partial charge in [0, 0.05) is 0 Å². The van der Waals surface area contributed by atoms with Gasteiger partial charge in [-0.25, -0.2) is 0 Å². The van der Waals surface area contributed by atoms with Crippen molar-refractivity contribution in [3.05, 3.63) is 23.6 Å². The Labute approximate surface area is 56.0 Å². The molecule has 2 nitrogen and oxygen atoms in total. The summed E-state index contributed by atoms with van der Waals surface area (Å²) in [6.07, 6.45) is 3.63. The lowest BCUT2D eigenvalue weighted by Gasteiger charge is -2.03. The van der Waals surface area contributed by atoms with E-state index in [9.17, 15) is 0 Å². The first-order valence-electron chi connectivity index (χ1n) is 2.88. The average Bonchev–Trinajstić information content (AvgIpc) is 1.90. The highest BCUT2D eigenvalue weighted by Gasteiger charge is 1.93. The number of allylic oxidation sites excluding steroid dienone is 2. The van der Waals surface area contributed by atoms with E-state index in [0.29, 0.717) is 5.70 Å². The van der Waals surface area contributed by atoms with Gasteiger partial charge in [0.25, 0.3) is 0 Å². The Bertz CT molecular complexity index is 136. The molecule has 0 aliphatic rings. The maximum atomic E-state index is 5.51. The second-order valence-corrected chi connectivity index (χ2v) is 1.60. The third-order valence-electron chi connectivity index (χ3n) is 1.08. The number of ether oxygens (including phenoxy) is 1. The largest absolute Gasteiger partial charge is 0.495 e. The first-order chi connectivity index (χ1) is 4.26. The molecule has 0 heterocycles. The van der Waals surface area contributed by atoms with Gasteiger partial charge >= 0.3 is 0 Å². The van der Waals surface area contributed by atoms with E-state index in [4.69, 9.17) is 10.5 Å². The Kier molecular flexibility index (Phi) is 3.60. The van der Waals surface area contributed by atoms with Crippen molar-refractivity contribution in [3.63, 3.8) is 0 Å². The summed E-state index contributed by atoms with van der Waals surface area (Å²) in [6.45, 7) is 3.76. The van der Waals surface area contributed by atoms with Crippen LogP contribution >= 0.6 is 0 Å². The summed E-state index contributed by atoms with van der Waals surface area (Å²) in [5.74, 6) is 0.734. The first kappa shape index (κ1) is 8.08. The van der Waals surface area contributed by atoms with Crippen LogP contribution in [0.25, 0.3) is 0 Å². The lowest BCUT2D eigenvalue weighted by atomic mass is 10.3. The maximum Gasteiger partial charge on any atom is 0.137 e. The van der Waals surface area contributed by atoms with Gasteiger partial charge in [0.15, 0.2) is 0 Å². The molecule has 0 aromatic carbocycles. The molecule has 0 unspecified atom stereocenters. The van der Waals surface area contributed by atoms with Crippen LogP contribution in [-0.2, 0) is 4.74 Å². The molecule has 0 atom stereocenters. The van der Waals surface area contributed by atoms with Crippen LogP contribution in [0, 0.1) is 0 Å². The van der Waals surface area contributed by atoms with Crippen molar-refractivity contribution in [1.29, 1.82) is 0 Å². The van der Waals surface area contributed by atoms with Crippen molar-refractivity contribution < 1.29 is 4.74 Å². The van der Waals surface area contributed by atoms with E-state index in [-0.39, 0.29) is 0 Å². The molecule has 52 valence electrons. The molecule has 0 saturated heterocycles. The summed E-state index contributed by atoms with van der Waals surface area (Å²) >= 11 is 0. The standard InChI is InChI=1S/C7H13NO/c1-4-6(8)7(5-2)9-3/h4-5H,8H2,1-3H3/b6-4+,7-5+. The molecular formula is C7H13NO. The zero-order valence-electron chi connectivity index (χ0n) is 6.14. The highest BCUT2D eigenvalue weighted by atomic mass is 16.5. The number of methoxy groups -OCH3 is 1. The summed E-state index contributed by atoms with van der Waals surface area (Å²) in [5.41, 5.74) is 6.19. The summed E-state index contributed by atoms with van der Waals surface area (Å²) in [6, 6.07) is 0. The van der Waals surface area contributed by atoms with Gasteiger partial charge in [0.1, 0.15) is 5.76 Å². The molecule has 0 aliphatic carbocycles. The number of hydrogen-bond donors (Lipinski definition) is 1. The van der Waals surface area contributed by atoms with E-state index in [0.717, 1.165) is 5.76 Å². The van der Waals surface area contributed by atoms with E-state index < -0.39 is 0 Å². The van der Waals surface area contributed by atoms with Crippen molar-refractivity contribution in [2.24, 2.45) is 5.73 Å². The molecule has 0 aromatic rings. The Morgan fingerprint density at radius 2 is 1.89 bits per heavy atom. The van der Waals surface area contributed by atoms with Gasteiger partial charge in [-0.05, 0) is 19.9 Å². The minimum atomic E-state index is 0.681. The van der Waals surface area contributed by atoms with Gasteiger partial charge in [-0.3, -0.25) is 0 Å². The molecule has 0 amide bonds. The molecule has 0 fully saturated rings. The number of rotatable bonds is 2. The van der Waals surface area contributed by atoms with Gasteiger partial charge in [-0.2, -0.15) is 0 Å². The minimum absolute atomic E-state index is 0.681. The maximum absolute atomic E-state index is 5.51. The second kappa shape index (κ2) is 4.01. The van der Waals surface area contributed by atoms with Crippen LogP contribution < -0.4 is 5.73 Å². The molecular weight excluding hydrogens is 114 g/mol. The van der Waals surface area contributed by atoms with Crippen molar-refractivity contribution >= 4 is 0 Å². The van der Waals surface area contributed by atoms with E-state index in [1.807, 2.05) is 19.9 Å². The molecule has 0 bridgehead atoms. The van der Waals surface area contributed by atoms with E-state index >= 15 is 0 Å².